The number of piperidine rings is 2. The van der Waals surface area contributed by atoms with E-state index in [1.165, 1.54) is 12.4 Å². The summed E-state index contributed by atoms with van der Waals surface area (Å²) in [4.78, 5) is 65.8. The molecule has 2 saturated heterocycles. The van der Waals surface area contributed by atoms with E-state index in [9.17, 15) is 28.0 Å². The summed E-state index contributed by atoms with van der Waals surface area (Å²) >= 11 is 0. The van der Waals surface area contributed by atoms with Gasteiger partial charge in [0, 0.05) is 69.6 Å². The molecule has 0 saturated carbocycles. The topological polar surface area (TPSA) is 291 Å². The van der Waals surface area contributed by atoms with Crippen LogP contribution in [0.2, 0.25) is 0 Å². The number of halogens is 4. The average molecular weight is 962 g/mol. The van der Waals surface area contributed by atoms with E-state index in [-0.39, 0.29) is 40.1 Å². The maximum absolute atomic E-state index is 16.5. The van der Waals surface area contributed by atoms with E-state index in [1.54, 1.807) is 37.4 Å². The lowest BCUT2D eigenvalue weighted by Crippen LogP contribution is -2.51. The zero-order chi connectivity index (χ0) is 49.8. The molecule has 6 aromatic rings. The predicted octanol–water partition coefficient (Wildman–Crippen LogP) is 5.69. The minimum absolute atomic E-state index is 0.0930. The molecule has 2 aliphatic heterocycles. The Morgan fingerprint density at radius 3 is 1.94 bits per heavy atom. The normalized spacial score (nSPS) is 15.5. The first-order valence-corrected chi connectivity index (χ1v) is 21.9. The Morgan fingerprint density at radius 1 is 0.771 bits per heavy atom. The average Bonchev–Trinajstić information content (AvgIpc) is 3.34. The van der Waals surface area contributed by atoms with Gasteiger partial charge in [-0.3, -0.25) is 14.6 Å². The van der Waals surface area contributed by atoms with Crippen molar-refractivity contribution < 1.29 is 31.9 Å². The van der Waals surface area contributed by atoms with Crippen LogP contribution >= 0.6 is 0 Å². The van der Waals surface area contributed by atoms with Gasteiger partial charge >= 0.3 is 6.18 Å². The number of nitrogens with one attached hydrogen (secondary N) is 3. The van der Waals surface area contributed by atoms with Crippen LogP contribution in [0, 0.1) is 17.1 Å². The molecule has 0 aliphatic carbocycles. The van der Waals surface area contributed by atoms with Crippen LogP contribution in [0.25, 0.3) is 22.8 Å². The van der Waals surface area contributed by atoms with Gasteiger partial charge < -0.3 is 47.7 Å². The number of aromatic nitrogens is 8. The standard InChI is InChI=1S/C46H47F4N17O3/c1-44(53)9-17-66(18-10-44)31-7-4-15-56-39(31)64-42(68)36-38(52)59-24-30(61-36)35-33(47)26(22-51)28(23-58-35)63-41-37(62-29(25-60-41)34-27(46(48,49)50)6-3-14-55-34)43(69)65-40-32(8-5-16-57-40)67-19-11-45(54,12-20-67)13-21-70-2/h3-8,14-16,23-25H,9-13,17-21,53-54H2,1-2H3,(H2,52,59)(H,60,63)(H,56,64,68)(H,57,65,69). The van der Waals surface area contributed by atoms with Gasteiger partial charge in [0.2, 0.25) is 0 Å². The van der Waals surface area contributed by atoms with Crippen molar-refractivity contribution in [2.75, 3.05) is 71.4 Å². The van der Waals surface area contributed by atoms with Gasteiger partial charge in [-0.2, -0.15) is 18.4 Å². The van der Waals surface area contributed by atoms with E-state index in [4.69, 9.17) is 21.9 Å². The Labute approximate surface area is 398 Å². The molecule has 8 rings (SSSR count). The SMILES string of the molecule is COCCC1(N)CCN(c2cccnc2NC(=O)c2nc(-c3ncccc3C(F)(F)F)cnc2Nc2cnc(-c3cnc(N)c(C(=O)Nc4ncccc4N4CCC(C)(N)CC4)n3)c(F)c2C#N)CC1. The lowest BCUT2D eigenvalue weighted by molar-refractivity contribution is -0.137. The maximum atomic E-state index is 16.5. The second-order valence-corrected chi connectivity index (χ2v) is 17.2. The van der Waals surface area contributed by atoms with Crippen molar-refractivity contribution in [1.29, 1.82) is 5.26 Å². The van der Waals surface area contributed by atoms with Crippen LogP contribution in [0.1, 0.15) is 71.1 Å². The highest BCUT2D eigenvalue weighted by Crippen LogP contribution is 2.37. The molecule has 9 N–H and O–H groups in total. The Bertz CT molecular complexity index is 2970. The van der Waals surface area contributed by atoms with Crippen LogP contribution in [0.15, 0.2) is 73.6 Å². The summed E-state index contributed by atoms with van der Waals surface area (Å²) in [6.45, 7) is 4.74. The molecular weight excluding hydrogens is 915 g/mol. The first-order chi connectivity index (χ1) is 33.5. The van der Waals surface area contributed by atoms with Gasteiger partial charge in [-0.25, -0.2) is 39.3 Å². The van der Waals surface area contributed by atoms with Gasteiger partial charge in [0.15, 0.2) is 40.5 Å². The first kappa shape index (κ1) is 48.4. The number of hydrogen-bond acceptors (Lipinski definition) is 18. The van der Waals surface area contributed by atoms with Crippen LogP contribution in [-0.2, 0) is 10.9 Å². The minimum atomic E-state index is -4.86. The number of amides is 2. The molecule has 24 heteroatoms. The van der Waals surface area contributed by atoms with Crippen LogP contribution in [0.4, 0.5) is 57.9 Å². The van der Waals surface area contributed by atoms with E-state index < -0.39 is 69.1 Å². The highest BCUT2D eigenvalue weighted by atomic mass is 19.4. The Morgan fingerprint density at radius 2 is 1.33 bits per heavy atom. The van der Waals surface area contributed by atoms with E-state index in [0.29, 0.717) is 76.3 Å². The van der Waals surface area contributed by atoms with Crippen LogP contribution in [0.5, 0.6) is 0 Å². The second kappa shape index (κ2) is 19.9. The monoisotopic (exact) mass is 961 g/mol. The zero-order valence-electron chi connectivity index (χ0n) is 37.9. The van der Waals surface area contributed by atoms with Crippen LogP contribution in [-0.4, -0.2) is 103 Å². The summed E-state index contributed by atoms with van der Waals surface area (Å²) in [6, 6.07) is 10.6. The number of pyridine rings is 4. The number of nitrogens with zero attached hydrogens (tertiary/aromatic N) is 11. The number of carbonyl (C=O) groups is 2. The van der Waals surface area contributed by atoms with Gasteiger partial charge in [0.25, 0.3) is 11.8 Å². The Balaban J connectivity index is 1.10. The molecular formula is C46H47F4N17O3. The van der Waals surface area contributed by atoms with Gasteiger partial charge in [-0.15, -0.1) is 0 Å². The summed E-state index contributed by atoms with van der Waals surface area (Å²) in [6.07, 6.45) is 5.55. The summed E-state index contributed by atoms with van der Waals surface area (Å²) in [7, 11) is 1.61. The molecule has 2 fully saturated rings. The van der Waals surface area contributed by atoms with Crippen molar-refractivity contribution in [3.05, 3.63) is 102 Å². The number of ether oxygens (including phenoxy) is 1. The van der Waals surface area contributed by atoms with Crippen molar-refractivity contribution in [1.82, 2.24) is 39.9 Å². The molecule has 0 radical (unpaired) electrons. The van der Waals surface area contributed by atoms with Gasteiger partial charge in [0.1, 0.15) is 34.4 Å². The summed E-state index contributed by atoms with van der Waals surface area (Å²) in [5.74, 6) is -3.39. The third-order valence-corrected chi connectivity index (χ3v) is 12.2. The molecule has 6 aromatic heterocycles. The highest BCUT2D eigenvalue weighted by molar-refractivity contribution is 6.08. The van der Waals surface area contributed by atoms with Crippen molar-refractivity contribution in [2.24, 2.45) is 11.5 Å². The summed E-state index contributed by atoms with van der Waals surface area (Å²) in [5, 5.41) is 18.4. The molecule has 0 spiro atoms. The number of nitrogens with two attached hydrogens (primary N) is 3. The van der Waals surface area contributed by atoms with E-state index in [1.807, 2.05) is 16.7 Å². The van der Waals surface area contributed by atoms with Crippen LogP contribution < -0.4 is 43.0 Å². The number of nitriles is 1. The molecule has 0 atom stereocenters. The molecule has 362 valence electrons. The minimum Gasteiger partial charge on any atom is -0.385 e. The number of hydrogen-bond donors (Lipinski definition) is 6. The summed E-state index contributed by atoms with van der Waals surface area (Å²) < 4.78 is 64.4. The quantitative estimate of drug-likeness (QED) is 0.0758. The first-order valence-electron chi connectivity index (χ1n) is 21.9. The third kappa shape index (κ3) is 10.5. The molecule has 70 heavy (non-hydrogen) atoms. The largest absolute Gasteiger partial charge is 0.418 e. The second-order valence-electron chi connectivity index (χ2n) is 17.2. The molecule has 0 aromatic carbocycles. The van der Waals surface area contributed by atoms with E-state index in [2.05, 4.69) is 55.8 Å². The predicted molar refractivity (Wildman–Crippen MR) is 251 cm³/mol. The molecule has 0 unspecified atom stereocenters. The lowest BCUT2D eigenvalue weighted by Gasteiger charge is -2.40. The number of nitrogen functional groups attached to an aromatic ring is 1. The molecule has 8 heterocycles. The Hall–Kier alpha value is -8.01. The highest BCUT2D eigenvalue weighted by Gasteiger charge is 2.36. The fourth-order valence-corrected chi connectivity index (χ4v) is 8.10. The maximum Gasteiger partial charge on any atom is 0.418 e. The van der Waals surface area contributed by atoms with Crippen LogP contribution in [0.3, 0.4) is 0 Å². The van der Waals surface area contributed by atoms with E-state index >= 15 is 4.39 Å². The lowest BCUT2D eigenvalue weighted by atomic mass is 9.85. The fourth-order valence-electron chi connectivity index (χ4n) is 8.10. The van der Waals surface area contributed by atoms with Crippen molar-refractivity contribution >= 4 is 52.1 Å². The summed E-state index contributed by atoms with van der Waals surface area (Å²) in [5.41, 5.74) is 14.5. The molecule has 20 nitrogen and oxygen atoms in total. The fraction of sp³-hybridized carbons (Fsp3) is 0.326. The van der Waals surface area contributed by atoms with Gasteiger partial charge in [-0.05, 0) is 75.4 Å². The molecule has 2 aliphatic rings. The number of rotatable bonds is 13. The number of methoxy groups -OCH3 is 1. The Kier molecular flexibility index (Phi) is 13.8. The third-order valence-electron chi connectivity index (χ3n) is 12.2. The zero-order valence-corrected chi connectivity index (χ0v) is 37.9. The number of anilines is 7. The van der Waals surface area contributed by atoms with Crippen molar-refractivity contribution in [2.45, 2.75) is 56.3 Å². The van der Waals surface area contributed by atoms with Gasteiger partial charge in [-0.1, -0.05) is 0 Å². The smallest absolute Gasteiger partial charge is 0.385 e. The van der Waals surface area contributed by atoms with Gasteiger partial charge in [0.05, 0.1) is 41.2 Å². The number of alkyl halides is 3. The van der Waals surface area contributed by atoms with E-state index in [0.717, 1.165) is 36.9 Å². The molecule has 0 bridgehead atoms. The number of carbonyl (C=O) groups excluding carboxylic acids is 2. The van der Waals surface area contributed by atoms with Crippen molar-refractivity contribution in [3.8, 4) is 28.8 Å². The van der Waals surface area contributed by atoms with Crippen molar-refractivity contribution in [3.63, 3.8) is 0 Å². The molecule has 2 amide bonds.